The first-order valence-corrected chi connectivity index (χ1v) is 7.67. The Balaban J connectivity index is 3.31. The van der Waals surface area contributed by atoms with Crippen molar-refractivity contribution in [2.45, 2.75) is 17.9 Å². The molecule has 0 aliphatic heterocycles. The second kappa shape index (κ2) is 6.42. The molecular formula is C11H14BrNO6S. The van der Waals surface area contributed by atoms with Gasteiger partial charge in [0, 0.05) is 6.07 Å². The van der Waals surface area contributed by atoms with Gasteiger partial charge in [0.05, 0.1) is 18.7 Å². The second-order valence-corrected chi connectivity index (χ2v) is 6.36. The molecule has 1 atom stereocenters. The van der Waals surface area contributed by atoms with Gasteiger partial charge in [-0.25, -0.2) is 8.42 Å². The fraction of sp³-hybridized carbons (Fsp3) is 0.364. The number of carboxylic acid groups (broad SMARTS) is 1. The maximum absolute atomic E-state index is 12.2. The predicted molar refractivity (Wildman–Crippen MR) is 74.7 cm³/mol. The summed E-state index contributed by atoms with van der Waals surface area (Å²) in [5.74, 6) is -0.831. The second-order valence-electron chi connectivity index (χ2n) is 3.82. The molecule has 1 rings (SSSR count). The van der Waals surface area contributed by atoms with Gasteiger partial charge >= 0.3 is 5.97 Å². The molecule has 1 aromatic carbocycles. The minimum Gasteiger partial charge on any atom is -0.495 e. The Labute approximate surface area is 125 Å². The molecular weight excluding hydrogens is 354 g/mol. The fourth-order valence-corrected chi connectivity index (χ4v) is 3.42. The third-order valence-electron chi connectivity index (χ3n) is 2.43. The van der Waals surface area contributed by atoms with E-state index in [9.17, 15) is 13.2 Å². The summed E-state index contributed by atoms with van der Waals surface area (Å²) in [5.41, 5.74) is 0. The van der Waals surface area contributed by atoms with Crippen LogP contribution in [0.4, 0.5) is 0 Å². The van der Waals surface area contributed by atoms with Crippen LogP contribution in [-0.2, 0) is 14.8 Å². The van der Waals surface area contributed by atoms with Crippen molar-refractivity contribution in [3.05, 3.63) is 16.6 Å². The Morgan fingerprint density at radius 2 is 1.85 bits per heavy atom. The van der Waals surface area contributed by atoms with E-state index < -0.39 is 22.0 Å². The van der Waals surface area contributed by atoms with Crippen molar-refractivity contribution in [1.82, 2.24) is 4.72 Å². The largest absolute Gasteiger partial charge is 0.495 e. The van der Waals surface area contributed by atoms with Crippen molar-refractivity contribution in [2.75, 3.05) is 14.2 Å². The Kier molecular flexibility index (Phi) is 5.37. The molecule has 0 unspecified atom stereocenters. The highest BCUT2D eigenvalue weighted by Crippen LogP contribution is 2.35. The number of carboxylic acids is 1. The van der Waals surface area contributed by atoms with Gasteiger partial charge in [0.25, 0.3) is 0 Å². The molecule has 0 amide bonds. The Hall–Kier alpha value is -1.32. The summed E-state index contributed by atoms with van der Waals surface area (Å²) < 4.78 is 36.8. The van der Waals surface area contributed by atoms with Gasteiger partial charge in [0.15, 0.2) is 0 Å². The van der Waals surface area contributed by atoms with Gasteiger partial charge in [0.2, 0.25) is 10.0 Å². The van der Waals surface area contributed by atoms with Gasteiger partial charge in [-0.05, 0) is 28.9 Å². The molecule has 1 aromatic rings. The van der Waals surface area contributed by atoms with Crippen molar-refractivity contribution < 1.29 is 27.8 Å². The zero-order valence-electron chi connectivity index (χ0n) is 11.0. The first-order chi connectivity index (χ1) is 9.22. The third-order valence-corrected chi connectivity index (χ3v) is 4.61. The van der Waals surface area contributed by atoms with Crippen LogP contribution >= 0.6 is 15.9 Å². The molecule has 20 heavy (non-hydrogen) atoms. The van der Waals surface area contributed by atoms with E-state index in [4.69, 9.17) is 14.6 Å². The number of aliphatic carboxylic acids is 1. The number of hydrogen-bond acceptors (Lipinski definition) is 5. The maximum Gasteiger partial charge on any atom is 0.321 e. The standard InChI is InChI=1S/C11H14BrNO6S/c1-6(11(14)15)13-20(16,17)10-4-7(12)8(18-2)5-9(10)19-3/h4-6,13H,1-3H3,(H,14,15)/t6-/m0/s1. The minimum atomic E-state index is -4.04. The number of carbonyl (C=O) groups is 1. The van der Waals surface area contributed by atoms with Crippen LogP contribution < -0.4 is 14.2 Å². The molecule has 7 nitrogen and oxygen atoms in total. The lowest BCUT2D eigenvalue weighted by Gasteiger charge is -2.15. The molecule has 0 fully saturated rings. The molecule has 0 aliphatic rings. The van der Waals surface area contributed by atoms with E-state index in [2.05, 4.69) is 15.9 Å². The summed E-state index contributed by atoms with van der Waals surface area (Å²) in [4.78, 5) is 10.6. The van der Waals surface area contributed by atoms with Gasteiger partial charge in [-0.2, -0.15) is 4.72 Å². The van der Waals surface area contributed by atoms with E-state index in [1.165, 1.54) is 33.3 Å². The monoisotopic (exact) mass is 367 g/mol. The summed E-state index contributed by atoms with van der Waals surface area (Å²) in [6.45, 7) is 1.23. The highest BCUT2D eigenvalue weighted by Gasteiger charge is 2.26. The van der Waals surface area contributed by atoms with E-state index >= 15 is 0 Å². The molecule has 9 heteroatoms. The number of rotatable bonds is 6. The molecule has 0 radical (unpaired) electrons. The van der Waals surface area contributed by atoms with Gasteiger partial charge in [-0.3, -0.25) is 4.79 Å². The van der Waals surface area contributed by atoms with Crippen molar-refractivity contribution in [3.63, 3.8) is 0 Å². The molecule has 2 N–H and O–H groups in total. The van der Waals surface area contributed by atoms with E-state index in [0.717, 1.165) is 0 Å². The normalized spacial score (nSPS) is 12.8. The summed E-state index contributed by atoms with van der Waals surface area (Å²) in [5, 5.41) is 8.77. The number of methoxy groups -OCH3 is 2. The summed E-state index contributed by atoms with van der Waals surface area (Å²) in [6, 6.07) is 1.42. The smallest absolute Gasteiger partial charge is 0.321 e. The van der Waals surface area contributed by atoms with Crippen LogP contribution in [0, 0.1) is 0 Å². The Morgan fingerprint density at radius 1 is 1.30 bits per heavy atom. The molecule has 112 valence electrons. The number of halogens is 1. The summed E-state index contributed by atoms with van der Waals surface area (Å²) in [7, 11) is -1.30. The third kappa shape index (κ3) is 3.62. The lowest BCUT2D eigenvalue weighted by Crippen LogP contribution is -2.38. The minimum absolute atomic E-state index is 0.0511. The van der Waals surface area contributed by atoms with Crippen molar-refractivity contribution >= 4 is 31.9 Å². The molecule has 0 saturated heterocycles. The Morgan fingerprint density at radius 3 is 2.30 bits per heavy atom. The number of hydrogen-bond donors (Lipinski definition) is 2. The lowest BCUT2D eigenvalue weighted by molar-refractivity contribution is -0.138. The topological polar surface area (TPSA) is 102 Å². The van der Waals surface area contributed by atoms with Crippen LogP contribution in [0.15, 0.2) is 21.5 Å². The molecule has 0 aromatic heterocycles. The molecule has 0 saturated carbocycles. The van der Waals surface area contributed by atoms with E-state index in [1.54, 1.807) is 0 Å². The van der Waals surface area contributed by atoms with Crippen LogP contribution in [0.25, 0.3) is 0 Å². The van der Waals surface area contributed by atoms with Gasteiger partial charge in [-0.15, -0.1) is 0 Å². The van der Waals surface area contributed by atoms with Gasteiger partial charge in [-0.1, -0.05) is 0 Å². The number of sulfonamides is 1. The zero-order chi connectivity index (χ0) is 15.5. The van der Waals surface area contributed by atoms with E-state index in [0.29, 0.717) is 10.2 Å². The molecule has 0 aliphatic carbocycles. The van der Waals surface area contributed by atoms with Crippen molar-refractivity contribution in [2.24, 2.45) is 0 Å². The molecule has 0 spiro atoms. The van der Waals surface area contributed by atoms with Gasteiger partial charge < -0.3 is 14.6 Å². The number of benzene rings is 1. The summed E-state index contributed by atoms with van der Waals surface area (Å²) in [6.07, 6.45) is 0. The van der Waals surface area contributed by atoms with E-state index in [1.807, 2.05) is 4.72 Å². The molecule has 0 heterocycles. The van der Waals surface area contributed by atoms with Crippen LogP contribution in [0.5, 0.6) is 11.5 Å². The van der Waals surface area contributed by atoms with E-state index in [-0.39, 0.29) is 10.6 Å². The first kappa shape index (κ1) is 16.7. The summed E-state index contributed by atoms with van der Waals surface area (Å²) >= 11 is 3.17. The van der Waals surface area contributed by atoms with Crippen LogP contribution in [0.2, 0.25) is 0 Å². The average molecular weight is 368 g/mol. The fourth-order valence-electron chi connectivity index (χ4n) is 1.39. The van der Waals surface area contributed by atoms with Crippen LogP contribution in [0.1, 0.15) is 6.92 Å². The number of ether oxygens (including phenoxy) is 2. The highest BCUT2D eigenvalue weighted by molar-refractivity contribution is 9.10. The van der Waals surface area contributed by atoms with Gasteiger partial charge in [0.1, 0.15) is 22.4 Å². The lowest BCUT2D eigenvalue weighted by atomic mass is 10.3. The van der Waals surface area contributed by atoms with Crippen molar-refractivity contribution in [1.29, 1.82) is 0 Å². The van der Waals surface area contributed by atoms with Crippen LogP contribution in [-0.4, -0.2) is 39.8 Å². The Bertz CT molecular complexity index is 616. The zero-order valence-corrected chi connectivity index (χ0v) is 13.4. The predicted octanol–water partition coefficient (Wildman–Crippen LogP) is 1.22. The first-order valence-electron chi connectivity index (χ1n) is 5.39. The quantitative estimate of drug-likeness (QED) is 0.783. The average Bonchev–Trinajstić information content (AvgIpc) is 2.37. The highest BCUT2D eigenvalue weighted by atomic mass is 79.9. The van der Waals surface area contributed by atoms with Crippen molar-refractivity contribution in [3.8, 4) is 11.5 Å². The molecule has 0 bridgehead atoms. The maximum atomic E-state index is 12.2. The van der Waals surface area contributed by atoms with Crippen LogP contribution in [0.3, 0.4) is 0 Å². The number of nitrogens with one attached hydrogen (secondary N) is 1. The SMILES string of the molecule is COc1cc(OC)c(S(=O)(=O)N[C@@H](C)C(=O)O)cc1Br.